The molecule has 1 aromatic rings. The summed E-state index contributed by atoms with van der Waals surface area (Å²) in [6.07, 6.45) is 1.06. The fraction of sp³-hybridized carbons (Fsp3) is 0.429. The van der Waals surface area contributed by atoms with Crippen molar-refractivity contribution in [3.63, 3.8) is 0 Å². The van der Waals surface area contributed by atoms with Crippen LogP contribution in [0.3, 0.4) is 0 Å². The van der Waals surface area contributed by atoms with Gasteiger partial charge in [0.25, 0.3) is 0 Å². The predicted molar refractivity (Wildman–Crippen MR) is 70.6 cm³/mol. The molecule has 2 rings (SSSR count). The second kappa shape index (κ2) is 6.22. The number of amides is 2. The third kappa shape index (κ3) is 3.71. The van der Waals surface area contributed by atoms with Gasteiger partial charge in [-0.05, 0) is 24.1 Å². The van der Waals surface area contributed by atoms with Gasteiger partial charge >= 0.3 is 0 Å². The highest BCUT2D eigenvalue weighted by Gasteiger charge is 2.23. The van der Waals surface area contributed by atoms with E-state index in [4.69, 9.17) is 4.74 Å². The van der Waals surface area contributed by atoms with Gasteiger partial charge in [0.1, 0.15) is 5.75 Å². The average molecular weight is 262 g/mol. The normalized spacial score (nSPS) is 18.6. The Morgan fingerprint density at radius 1 is 1.42 bits per heavy atom. The molecule has 0 aromatic heterocycles. The number of carbonyl (C=O) groups excluding carboxylic acids is 2. The summed E-state index contributed by atoms with van der Waals surface area (Å²) in [7, 11) is 1.62. The Bertz CT molecular complexity index is 446. The van der Waals surface area contributed by atoms with Gasteiger partial charge < -0.3 is 15.4 Å². The summed E-state index contributed by atoms with van der Waals surface area (Å²) in [4.78, 5) is 22.9. The Hall–Kier alpha value is -2.04. The highest BCUT2D eigenvalue weighted by atomic mass is 16.5. The van der Waals surface area contributed by atoms with Crippen LogP contribution in [0.1, 0.15) is 18.4 Å². The molecule has 2 N–H and O–H groups in total. The summed E-state index contributed by atoms with van der Waals surface area (Å²) in [6, 6.07) is 7.56. The largest absolute Gasteiger partial charge is 0.497 e. The first-order valence-electron chi connectivity index (χ1n) is 6.36. The molecule has 1 fully saturated rings. The van der Waals surface area contributed by atoms with Crippen molar-refractivity contribution in [1.29, 1.82) is 0 Å². The Labute approximate surface area is 112 Å². The van der Waals surface area contributed by atoms with Crippen molar-refractivity contribution in [2.75, 3.05) is 13.7 Å². The third-order valence-corrected chi connectivity index (χ3v) is 3.26. The van der Waals surface area contributed by atoms with Crippen LogP contribution in [0.4, 0.5) is 0 Å². The molecule has 0 saturated carbocycles. The Morgan fingerprint density at radius 3 is 2.74 bits per heavy atom. The zero-order valence-corrected chi connectivity index (χ0v) is 10.9. The topological polar surface area (TPSA) is 67.4 Å². The fourth-order valence-corrected chi connectivity index (χ4v) is 2.03. The minimum Gasteiger partial charge on any atom is -0.497 e. The highest BCUT2D eigenvalue weighted by molar-refractivity contribution is 5.83. The molecule has 1 unspecified atom stereocenters. The lowest BCUT2D eigenvalue weighted by Crippen LogP contribution is -2.42. The van der Waals surface area contributed by atoms with Crippen LogP contribution in [0.15, 0.2) is 24.3 Å². The number of ether oxygens (including phenoxy) is 1. The smallest absolute Gasteiger partial charge is 0.225 e. The molecule has 1 aromatic carbocycles. The average Bonchev–Trinajstić information content (AvgIpc) is 2.46. The SMILES string of the molecule is COc1ccc(CNC(=O)C2CCC(=O)NC2)cc1. The number of rotatable bonds is 4. The van der Waals surface area contributed by atoms with Crippen LogP contribution in [0, 0.1) is 5.92 Å². The van der Waals surface area contributed by atoms with E-state index in [1.54, 1.807) is 7.11 Å². The van der Waals surface area contributed by atoms with E-state index in [0.717, 1.165) is 11.3 Å². The van der Waals surface area contributed by atoms with Crippen molar-refractivity contribution in [2.24, 2.45) is 5.92 Å². The lowest BCUT2D eigenvalue weighted by molar-refractivity contribution is -0.129. The van der Waals surface area contributed by atoms with E-state index in [1.807, 2.05) is 24.3 Å². The monoisotopic (exact) mass is 262 g/mol. The van der Waals surface area contributed by atoms with E-state index >= 15 is 0 Å². The van der Waals surface area contributed by atoms with Crippen LogP contribution in [0.25, 0.3) is 0 Å². The van der Waals surface area contributed by atoms with Crippen LogP contribution in [-0.2, 0) is 16.1 Å². The van der Waals surface area contributed by atoms with E-state index in [9.17, 15) is 9.59 Å². The van der Waals surface area contributed by atoms with Crippen LogP contribution < -0.4 is 15.4 Å². The quantitative estimate of drug-likeness (QED) is 0.845. The van der Waals surface area contributed by atoms with Crippen LogP contribution in [0.5, 0.6) is 5.75 Å². The van der Waals surface area contributed by atoms with Gasteiger partial charge in [0.05, 0.1) is 13.0 Å². The Morgan fingerprint density at radius 2 is 2.16 bits per heavy atom. The molecule has 1 aliphatic rings. The molecule has 102 valence electrons. The van der Waals surface area contributed by atoms with Crippen LogP contribution >= 0.6 is 0 Å². The summed E-state index contributed by atoms with van der Waals surface area (Å²) < 4.78 is 5.07. The van der Waals surface area contributed by atoms with Gasteiger partial charge in [-0.15, -0.1) is 0 Å². The molecular weight excluding hydrogens is 244 g/mol. The lowest BCUT2D eigenvalue weighted by atomic mass is 9.98. The molecule has 19 heavy (non-hydrogen) atoms. The lowest BCUT2D eigenvalue weighted by Gasteiger charge is -2.21. The Balaban J connectivity index is 1.80. The number of methoxy groups -OCH3 is 1. The maximum absolute atomic E-state index is 11.9. The molecule has 1 saturated heterocycles. The van der Waals surface area contributed by atoms with E-state index in [2.05, 4.69) is 10.6 Å². The summed E-state index contributed by atoms with van der Waals surface area (Å²) in [5.74, 6) is 0.705. The summed E-state index contributed by atoms with van der Waals surface area (Å²) in [5.41, 5.74) is 1.02. The molecule has 0 aliphatic carbocycles. The van der Waals surface area contributed by atoms with Crippen molar-refractivity contribution in [1.82, 2.24) is 10.6 Å². The first-order chi connectivity index (χ1) is 9.19. The third-order valence-electron chi connectivity index (χ3n) is 3.26. The molecule has 1 aliphatic heterocycles. The van der Waals surface area contributed by atoms with Gasteiger partial charge in [-0.3, -0.25) is 9.59 Å². The summed E-state index contributed by atoms with van der Waals surface area (Å²) >= 11 is 0. The van der Waals surface area contributed by atoms with E-state index in [1.165, 1.54) is 0 Å². The van der Waals surface area contributed by atoms with Gasteiger partial charge in [0.2, 0.25) is 11.8 Å². The van der Waals surface area contributed by atoms with Crippen molar-refractivity contribution >= 4 is 11.8 Å². The van der Waals surface area contributed by atoms with Crippen molar-refractivity contribution in [2.45, 2.75) is 19.4 Å². The number of hydrogen-bond acceptors (Lipinski definition) is 3. The first kappa shape index (κ1) is 13.4. The van der Waals surface area contributed by atoms with Crippen molar-refractivity contribution < 1.29 is 14.3 Å². The van der Waals surface area contributed by atoms with Crippen molar-refractivity contribution in [3.8, 4) is 5.75 Å². The van der Waals surface area contributed by atoms with Crippen LogP contribution in [0.2, 0.25) is 0 Å². The molecule has 2 amide bonds. The van der Waals surface area contributed by atoms with Crippen LogP contribution in [-0.4, -0.2) is 25.5 Å². The fourth-order valence-electron chi connectivity index (χ4n) is 2.03. The maximum atomic E-state index is 11.9. The minimum atomic E-state index is -0.115. The van der Waals surface area contributed by atoms with E-state index < -0.39 is 0 Å². The molecular formula is C14H18N2O3. The Kier molecular flexibility index (Phi) is 4.39. The van der Waals surface area contributed by atoms with Gasteiger partial charge in [0, 0.05) is 19.5 Å². The standard InChI is InChI=1S/C14H18N2O3/c1-19-12-5-2-10(3-6-12)8-16-14(18)11-4-7-13(17)15-9-11/h2-3,5-6,11H,4,7-9H2,1H3,(H,15,17)(H,16,18). The van der Waals surface area contributed by atoms with Gasteiger partial charge in [-0.2, -0.15) is 0 Å². The molecule has 5 heteroatoms. The number of benzene rings is 1. The maximum Gasteiger partial charge on any atom is 0.225 e. The summed E-state index contributed by atoms with van der Waals surface area (Å²) in [6.45, 7) is 0.931. The molecule has 0 bridgehead atoms. The number of piperidine rings is 1. The number of hydrogen-bond donors (Lipinski definition) is 2. The molecule has 0 spiro atoms. The highest BCUT2D eigenvalue weighted by Crippen LogP contribution is 2.13. The number of nitrogens with one attached hydrogen (secondary N) is 2. The minimum absolute atomic E-state index is 0.00387. The molecule has 5 nitrogen and oxygen atoms in total. The zero-order chi connectivity index (χ0) is 13.7. The van der Waals surface area contributed by atoms with Gasteiger partial charge in [-0.25, -0.2) is 0 Å². The molecule has 1 heterocycles. The molecule has 1 atom stereocenters. The van der Waals surface area contributed by atoms with Crippen molar-refractivity contribution in [3.05, 3.63) is 29.8 Å². The van der Waals surface area contributed by atoms with Gasteiger partial charge in [-0.1, -0.05) is 12.1 Å². The first-order valence-corrected chi connectivity index (χ1v) is 6.36. The van der Waals surface area contributed by atoms with Gasteiger partial charge in [0.15, 0.2) is 0 Å². The second-order valence-corrected chi connectivity index (χ2v) is 4.61. The van der Waals surface area contributed by atoms with E-state index in [0.29, 0.717) is 25.9 Å². The second-order valence-electron chi connectivity index (χ2n) is 4.61. The predicted octanol–water partition coefficient (Wildman–Crippen LogP) is 0.838. The van der Waals surface area contributed by atoms with E-state index in [-0.39, 0.29) is 17.7 Å². The number of carbonyl (C=O) groups is 2. The zero-order valence-electron chi connectivity index (χ0n) is 10.9. The molecule has 0 radical (unpaired) electrons. The summed E-state index contributed by atoms with van der Waals surface area (Å²) in [5, 5.41) is 5.60.